The minimum Gasteiger partial charge on any atom is -0.478 e. The third-order valence-corrected chi connectivity index (χ3v) is 2.08. The van der Waals surface area contributed by atoms with Crippen LogP contribution in [0.4, 0.5) is 8.78 Å². The minimum absolute atomic E-state index is 0.356. The fourth-order valence-electron chi connectivity index (χ4n) is 1.13. The van der Waals surface area contributed by atoms with Gasteiger partial charge in [-0.2, -0.15) is 8.78 Å². The number of benzene rings is 1. The summed E-state index contributed by atoms with van der Waals surface area (Å²) in [5.41, 5.74) is -3.41. The Balaban J connectivity index is 3.37. The zero-order valence-corrected chi connectivity index (χ0v) is 8.58. The largest absolute Gasteiger partial charge is 0.478 e. The molecule has 1 N–H and O–H groups in total. The van der Waals surface area contributed by atoms with E-state index in [1.807, 2.05) is 0 Å². The number of rotatable bonds is 2. The average molecular weight is 218 g/mol. The van der Waals surface area contributed by atoms with Crippen molar-refractivity contribution in [2.24, 2.45) is 0 Å². The summed E-state index contributed by atoms with van der Waals surface area (Å²) in [6.45, 7) is 1.65. The molecule has 5 heteroatoms. The number of halogens is 2. The molecule has 2 nitrogen and oxygen atoms in total. The van der Waals surface area contributed by atoms with Crippen molar-refractivity contribution in [2.75, 3.05) is 0 Å². The molecule has 0 aliphatic carbocycles. The molecule has 0 saturated heterocycles. The molecular weight excluding hydrogens is 209 g/mol. The molecule has 1 rings (SSSR count). The number of carboxylic acid groups (broad SMARTS) is 1. The molecule has 1 atom stereocenters. The second-order valence-electron chi connectivity index (χ2n) is 2.98. The Kier molecular flexibility index (Phi) is 2.86. The number of alkyl halides is 2. The van der Waals surface area contributed by atoms with Gasteiger partial charge >= 0.3 is 5.97 Å². The number of aryl methyl sites for hydroxylation is 1. The molecule has 0 radical (unpaired) electrons. The van der Waals surface area contributed by atoms with Crippen LogP contribution >= 0.6 is 9.24 Å². The van der Waals surface area contributed by atoms with Crippen molar-refractivity contribution in [3.8, 4) is 0 Å². The van der Waals surface area contributed by atoms with E-state index in [0.29, 0.717) is 5.56 Å². The van der Waals surface area contributed by atoms with Crippen molar-refractivity contribution < 1.29 is 18.7 Å². The maximum absolute atomic E-state index is 12.9. The van der Waals surface area contributed by atoms with E-state index < -0.39 is 17.2 Å². The summed E-state index contributed by atoms with van der Waals surface area (Å²) >= 11 is 0. The van der Waals surface area contributed by atoms with Crippen LogP contribution in [0, 0.1) is 6.92 Å². The molecule has 14 heavy (non-hydrogen) atoms. The Morgan fingerprint density at radius 2 is 2.07 bits per heavy atom. The van der Waals surface area contributed by atoms with Crippen LogP contribution in [0.25, 0.3) is 0 Å². The first kappa shape index (κ1) is 11.1. The van der Waals surface area contributed by atoms with Gasteiger partial charge in [-0.25, -0.2) is 4.79 Å². The number of carboxylic acids is 1. The van der Waals surface area contributed by atoms with Gasteiger partial charge in [-0.1, -0.05) is 26.9 Å². The van der Waals surface area contributed by atoms with Crippen molar-refractivity contribution in [1.82, 2.24) is 0 Å². The molecule has 0 aliphatic rings. The molecule has 1 aromatic carbocycles. The van der Waals surface area contributed by atoms with Crippen LogP contribution in [0.2, 0.25) is 0 Å². The number of carbonyl (C=O) groups is 1. The van der Waals surface area contributed by atoms with E-state index in [1.165, 1.54) is 21.4 Å². The van der Waals surface area contributed by atoms with Crippen molar-refractivity contribution in [1.29, 1.82) is 0 Å². The third-order valence-electron chi connectivity index (χ3n) is 1.76. The van der Waals surface area contributed by atoms with E-state index in [9.17, 15) is 13.6 Å². The Morgan fingerprint density at radius 1 is 1.50 bits per heavy atom. The normalized spacial score (nSPS) is 11.4. The summed E-state index contributed by atoms with van der Waals surface area (Å²) in [6, 6.07) is 3.82. The van der Waals surface area contributed by atoms with E-state index in [1.54, 1.807) is 6.92 Å². The monoisotopic (exact) mass is 218 g/mol. The van der Waals surface area contributed by atoms with Crippen molar-refractivity contribution >= 4 is 15.2 Å². The van der Waals surface area contributed by atoms with E-state index in [0.717, 1.165) is 6.07 Å². The highest BCUT2D eigenvalue weighted by atomic mass is 31.0. The van der Waals surface area contributed by atoms with Gasteiger partial charge in [0, 0.05) is 5.56 Å². The fourth-order valence-corrected chi connectivity index (χ4v) is 1.38. The quantitative estimate of drug-likeness (QED) is 0.774. The van der Waals surface area contributed by atoms with Gasteiger partial charge in [0.1, 0.15) is 0 Å². The van der Waals surface area contributed by atoms with Gasteiger partial charge in [0.15, 0.2) is 0 Å². The van der Waals surface area contributed by atoms with Crippen LogP contribution in [0.5, 0.6) is 0 Å². The Labute approximate surface area is 82.1 Å². The maximum atomic E-state index is 12.9. The lowest BCUT2D eigenvalue weighted by Crippen LogP contribution is -2.11. The van der Waals surface area contributed by atoms with Gasteiger partial charge in [-0.15, -0.1) is 0 Å². The second-order valence-corrected chi connectivity index (χ2v) is 3.70. The molecule has 0 aliphatic heterocycles. The topological polar surface area (TPSA) is 37.3 Å². The van der Waals surface area contributed by atoms with Gasteiger partial charge in [0.25, 0.3) is 5.66 Å². The van der Waals surface area contributed by atoms with Gasteiger partial charge in [-0.05, 0) is 13.0 Å². The maximum Gasteiger partial charge on any atom is 0.336 e. The fraction of sp³-hybridized carbons (Fsp3) is 0.222. The van der Waals surface area contributed by atoms with E-state index in [2.05, 4.69) is 0 Å². The van der Waals surface area contributed by atoms with Crippen LogP contribution in [0.15, 0.2) is 18.2 Å². The highest BCUT2D eigenvalue weighted by Gasteiger charge is 2.29. The second kappa shape index (κ2) is 3.62. The minimum atomic E-state index is -3.21. The van der Waals surface area contributed by atoms with Crippen LogP contribution in [-0.4, -0.2) is 11.1 Å². The lowest BCUT2D eigenvalue weighted by molar-refractivity contribution is 0.0667. The first-order valence-electron chi connectivity index (χ1n) is 3.83. The first-order chi connectivity index (χ1) is 6.32. The smallest absolute Gasteiger partial charge is 0.336 e. The highest BCUT2D eigenvalue weighted by molar-refractivity contribution is 7.17. The van der Waals surface area contributed by atoms with Crippen LogP contribution in [-0.2, 0) is 5.66 Å². The summed E-state index contributed by atoms with van der Waals surface area (Å²) in [5, 5.41) is 8.71. The summed E-state index contributed by atoms with van der Waals surface area (Å²) in [4.78, 5) is 10.7. The van der Waals surface area contributed by atoms with Gasteiger partial charge in [-0.3, -0.25) is 0 Å². The van der Waals surface area contributed by atoms with Gasteiger partial charge in [0.2, 0.25) is 0 Å². The molecule has 0 fully saturated rings. The SMILES string of the molecule is Cc1ccc(C(F)(F)P)c(C(=O)O)c1. The van der Waals surface area contributed by atoms with Crippen LogP contribution < -0.4 is 0 Å². The number of aromatic carboxylic acids is 1. The highest BCUT2D eigenvalue weighted by Crippen LogP contribution is 2.37. The zero-order chi connectivity index (χ0) is 10.9. The van der Waals surface area contributed by atoms with E-state index in [4.69, 9.17) is 5.11 Å². The molecule has 1 unspecified atom stereocenters. The molecule has 0 amide bonds. The Bertz CT molecular complexity index is 372. The molecule has 1 aromatic rings. The molecular formula is C9H9F2O2P. The lowest BCUT2D eigenvalue weighted by Gasteiger charge is -2.13. The Hall–Kier alpha value is -1.02. The molecule has 0 heterocycles. The standard InChI is InChI=1S/C9H9F2O2P/c1-5-2-3-7(9(10,11)14)6(4-5)8(12)13/h2-4H,14H2,1H3,(H,12,13). The summed E-state index contributed by atoms with van der Waals surface area (Å²) in [5.74, 6) is -1.34. The van der Waals surface area contributed by atoms with Crippen molar-refractivity contribution in [3.63, 3.8) is 0 Å². The van der Waals surface area contributed by atoms with Gasteiger partial charge < -0.3 is 5.11 Å². The predicted molar refractivity (Wildman–Crippen MR) is 51.7 cm³/mol. The third kappa shape index (κ3) is 2.26. The Morgan fingerprint density at radius 3 is 2.50 bits per heavy atom. The lowest BCUT2D eigenvalue weighted by atomic mass is 10.0. The summed E-state index contributed by atoms with van der Waals surface area (Å²) < 4.78 is 25.8. The number of hydrogen-bond donors (Lipinski definition) is 1. The van der Waals surface area contributed by atoms with Crippen molar-refractivity contribution in [2.45, 2.75) is 12.6 Å². The van der Waals surface area contributed by atoms with Crippen LogP contribution in [0.1, 0.15) is 21.5 Å². The molecule has 0 bridgehead atoms. The molecule has 76 valence electrons. The van der Waals surface area contributed by atoms with Gasteiger partial charge in [0.05, 0.1) is 5.56 Å². The molecule has 0 spiro atoms. The molecule has 0 saturated carbocycles. The molecule has 0 aromatic heterocycles. The first-order valence-corrected chi connectivity index (χ1v) is 4.41. The predicted octanol–water partition coefficient (Wildman–Crippen LogP) is 2.62. The number of hydrogen-bond acceptors (Lipinski definition) is 1. The summed E-state index contributed by atoms with van der Waals surface area (Å²) in [6.07, 6.45) is 0. The van der Waals surface area contributed by atoms with E-state index >= 15 is 0 Å². The van der Waals surface area contributed by atoms with Crippen LogP contribution in [0.3, 0.4) is 0 Å². The average Bonchev–Trinajstić information content (AvgIpc) is 2.01. The van der Waals surface area contributed by atoms with Crippen molar-refractivity contribution in [3.05, 3.63) is 34.9 Å². The van der Waals surface area contributed by atoms with E-state index in [-0.39, 0.29) is 5.56 Å². The summed E-state index contributed by atoms with van der Waals surface area (Å²) in [7, 11) is 1.33. The zero-order valence-electron chi connectivity index (χ0n) is 7.42.